The van der Waals surface area contributed by atoms with Crippen LogP contribution in [0.3, 0.4) is 0 Å². The van der Waals surface area contributed by atoms with Gasteiger partial charge < -0.3 is 20.4 Å². The maximum atomic E-state index is 13.1. The third kappa shape index (κ3) is 4.93. The molecule has 1 aliphatic heterocycles. The van der Waals surface area contributed by atoms with Crippen LogP contribution >= 0.6 is 0 Å². The van der Waals surface area contributed by atoms with Gasteiger partial charge in [-0.1, -0.05) is 24.3 Å². The molecule has 2 N–H and O–H groups in total. The topological polar surface area (TPSA) is 99.6 Å². The number of rotatable bonds is 7. The molecular formula is C26H29FN6O3. The van der Waals surface area contributed by atoms with E-state index in [1.165, 1.54) is 27.8 Å². The molecule has 188 valence electrons. The zero-order valence-corrected chi connectivity index (χ0v) is 20.7. The van der Waals surface area contributed by atoms with Crippen LogP contribution in [0.5, 0.6) is 0 Å². The maximum Gasteiger partial charge on any atom is 0.272 e. The molecule has 4 rings (SSSR count). The highest BCUT2D eigenvalue weighted by Crippen LogP contribution is 2.26. The number of benzene rings is 2. The standard InChI is InChI=1S/C26H29FN6O3/c1-26(25(36)29-15-17-5-9-19(27)10-6-17)16-33-22(24(35)32(26)4)13-21(30-33)23(34)28-14-18-7-11-20(12-8-18)31(2)3/h5-13H,14-16H2,1-4H3,(H,28,34)(H,29,36). The molecule has 10 heteroatoms. The number of carbonyl (C=O) groups excluding carboxylic acids is 3. The summed E-state index contributed by atoms with van der Waals surface area (Å²) in [6.45, 7) is 2.23. The highest BCUT2D eigenvalue weighted by Gasteiger charge is 2.46. The van der Waals surface area contributed by atoms with Crippen LogP contribution in [0.15, 0.2) is 54.6 Å². The number of hydrogen-bond acceptors (Lipinski definition) is 5. The fraction of sp³-hybridized carbons (Fsp3) is 0.308. The molecule has 1 atom stereocenters. The SMILES string of the molecule is CN(C)c1ccc(CNC(=O)c2cc3n(n2)CC(C)(C(=O)NCc2ccc(F)cc2)N(C)C3=O)cc1. The molecule has 3 amide bonds. The highest BCUT2D eigenvalue weighted by atomic mass is 19.1. The molecule has 0 bridgehead atoms. The molecule has 0 radical (unpaired) electrons. The second-order valence-electron chi connectivity index (χ2n) is 9.26. The van der Waals surface area contributed by atoms with Crippen molar-refractivity contribution in [2.45, 2.75) is 32.1 Å². The molecule has 1 aliphatic rings. The van der Waals surface area contributed by atoms with Crippen LogP contribution in [0, 0.1) is 5.82 Å². The van der Waals surface area contributed by atoms with Gasteiger partial charge in [-0.15, -0.1) is 0 Å². The monoisotopic (exact) mass is 492 g/mol. The van der Waals surface area contributed by atoms with Crippen molar-refractivity contribution >= 4 is 23.4 Å². The van der Waals surface area contributed by atoms with Crippen LogP contribution < -0.4 is 15.5 Å². The zero-order chi connectivity index (χ0) is 26.0. The first-order valence-electron chi connectivity index (χ1n) is 11.5. The Morgan fingerprint density at radius 1 is 1.03 bits per heavy atom. The largest absolute Gasteiger partial charge is 0.378 e. The minimum atomic E-state index is -1.22. The lowest BCUT2D eigenvalue weighted by Gasteiger charge is -2.40. The van der Waals surface area contributed by atoms with E-state index < -0.39 is 17.4 Å². The molecule has 0 aliphatic carbocycles. The number of hydrogen-bond donors (Lipinski definition) is 2. The second kappa shape index (κ2) is 9.80. The third-order valence-electron chi connectivity index (χ3n) is 6.50. The van der Waals surface area contributed by atoms with Crippen molar-refractivity contribution < 1.29 is 18.8 Å². The smallest absolute Gasteiger partial charge is 0.272 e. The van der Waals surface area contributed by atoms with Gasteiger partial charge in [0.25, 0.3) is 11.8 Å². The van der Waals surface area contributed by atoms with Gasteiger partial charge in [0.15, 0.2) is 5.69 Å². The van der Waals surface area contributed by atoms with Gasteiger partial charge in [0.05, 0.1) is 6.54 Å². The molecule has 0 fully saturated rings. The maximum absolute atomic E-state index is 13.1. The van der Waals surface area contributed by atoms with Crippen molar-refractivity contribution in [2.75, 3.05) is 26.0 Å². The number of nitrogens with zero attached hydrogens (tertiary/aromatic N) is 4. The van der Waals surface area contributed by atoms with Crippen LogP contribution in [-0.4, -0.2) is 59.1 Å². The summed E-state index contributed by atoms with van der Waals surface area (Å²) in [6.07, 6.45) is 0. The minimum absolute atomic E-state index is 0.0824. The van der Waals surface area contributed by atoms with E-state index in [2.05, 4.69) is 15.7 Å². The molecule has 0 saturated carbocycles. The Labute approximate surface area is 208 Å². The van der Waals surface area contributed by atoms with Gasteiger partial charge in [-0.3, -0.25) is 19.1 Å². The molecule has 2 heterocycles. The van der Waals surface area contributed by atoms with Gasteiger partial charge in [0, 0.05) is 46.0 Å². The normalized spacial score (nSPS) is 16.9. The van der Waals surface area contributed by atoms with Gasteiger partial charge in [-0.2, -0.15) is 5.10 Å². The molecule has 0 saturated heterocycles. The lowest BCUT2D eigenvalue weighted by molar-refractivity contribution is -0.132. The Morgan fingerprint density at radius 3 is 2.22 bits per heavy atom. The van der Waals surface area contributed by atoms with Crippen molar-refractivity contribution in [1.29, 1.82) is 0 Å². The molecule has 0 spiro atoms. The summed E-state index contributed by atoms with van der Waals surface area (Å²) in [5.41, 5.74) is 1.83. The molecule has 1 aromatic heterocycles. The van der Waals surface area contributed by atoms with Crippen LogP contribution in [0.4, 0.5) is 10.1 Å². The van der Waals surface area contributed by atoms with Crippen molar-refractivity contribution in [3.63, 3.8) is 0 Å². The summed E-state index contributed by atoms with van der Waals surface area (Å²) in [4.78, 5) is 42.2. The van der Waals surface area contributed by atoms with Crippen molar-refractivity contribution in [3.8, 4) is 0 Å². The number of fused-ring (bicyclic) bond motifs is 1. The van der Waals surface area contributed by atoms with Gasteiger partial charge in [0.1, 0.15) is 17.1 Å². The van der Waals surface area contributed by atoms with E-state index in [1.54, 1.807) is 26.1 Å². The van der Waals surface area contributed by atoms with Crippen LogP contribution in [0.2, 0.25) is 0 Å². The number of nitrogens with one attached hydrogen (secondary N) is 2. The Hall–Kier alpha value is -4.21. The predicted octanol–water partition coefficient (Wildman–Crippen LogP) is 2.18. The average molecular weight is 493 g/mol. The van der Waals surface area contributed by atoms with Gasteiger partial charge in [0.2, 0.25) is 5.91 Å². The first-order valence-corrected chi connectivity index (χ1v) is 11.5. The van der Waals surface area contributed by atoms with Gasteiger partial charge >= 0.3 is 0 Å². The Balaban J connectivity index is 1.43. The van der Waals surface area contributed by atoms with Crippen LogP contribution in [-0.2, 0) is 24.4 Å². The highest BCUT2D eigenvalue weighted by molar-refractivity contribution is 6.01. The van der Waals surface area contributed by atoms with E-state index in [0.29, 0.717) is 6.54 Å². The van der Waals surface area contributed by atoms with Crippen molar-refractivity contribution in [2.24, 2.45) is 0 Å². The summed E-state index contributed by atoms with van der Waals surface area (Å²) >= 11 is 0. The Kier molecular flexibility index (Phi) is 6.78. The zero-order valence-electron chi connectivity index (χ0n) is 20.7. The molecule has 9 nitrogen and oxygen atoms in total. The number of amides is 3. The predicted molar refractivity (Wildman–Crippen MR) is 133 cm³/mol. The lowest BCUT2D eigenvalue weighted by Crippen LogP contribution is -2.62. The van der Waals surface area contributed by atoms with E-state index in [4.69, 9.17) is 0 Å². The molecule has 36 heavy (non-hydrogen) atoms. The first-order chi connectivity index (χ1) is 17.1. The summed E-state index contributed by atoms with van der Waals surface area (Å²) in [5, 5.41) is 9.96. The second-order valence-corrected chi connectivity index (χ2v) is 9.26. The van der Waals surface area contributed by atoms with Crippen molar-refractivity contribution in [1.82, 2.24) is 25.3 Å². The average Bonchev–Trinajstić information content (AvgIpc) is 3.29. The quantitative estimate of drug-likeness (QED) is 0.527. The number of aromatic nitrogens is 2. The van der Waals surface area contributed by atoms with Crippen LogP contribution in [0.25, 0.3) is 0 Å². The van der Waals surface area contributed by atoms with Crippen molar-refractivity contribution in [3.05, 3.63) is 82.9 Å². The number of anilines is 1. The van der Waals surface area contributed by atoms with Gasteiger partial charge in [-0.05, 0) is 42.3 Å². The summed E-state index contributed by atoms with van der Waals surface area (Å²) in [6, 6.07) is 15.0. The lowest BCUT2D eigenvalue weighted by atomic mass is 9.96. The number of carbonyl (C=O) groups is 3. The minimum Gasteiger partial charge on any atom is -0.378 e. The summed E-state index contributed by atoms with van der Waals surface area (Å²) in [7, 11) is 5.46. The Bertz CT molecular complexity index is 1290. The summed E-state index contributed by atoms with van der Waals surface area (Å²) < 4.78 is 14.5. The number of halogens is 1. The van der Waals surface area contributed by atoms with E-state index in [-0.39, 0.29) is 36.2 Å². The first kappa shape index (κ1) is 24.9. The fourth-order valence-corrected chi connectivity index (χ4v) is 4.00. The van der Waals surface area contributed by atoms with Crippen LogP contribution in [0.1, 0.15) is 39.0 Å². The Morgan fingerprint density at radius 2 is 1.61 bits per heavy atom. The van der Waals surface area contributed by atoms with Gasteiger partial charge in [-0.25, -0.2) is 4.39 Å². The molecule has 2 aromatic carbocycles. The van der Waals surface area contributed by atoms with E-state index in [1.807, 2.05) is 43.3 Å². The summed E-state index contributed by atoms with van der Waals surface area (Å²) in [5.74, 6) is -1.56. The molecule has 3 aromatic rings. The van der Waals surface area contributed by atoms with E-state index in [9.17, 15) is 18.8 Å². The molecular weight excluding hydrogens is 463 g/mol. The fourth-order valence-electron chi connectivity index (χ4n) is 4.00. The molecule has 1 unspecified atom stereocenters. The number of likely N-dealkylation sites (N-methyl/N-ethyl adjacent to an activating group) is 1. The third-order valence-corrected chi connectivity index (χ3v) is 6.50. The van der Waals surface area contributed by atoms with E-state index in [0.717, 1.165) is 16.8 Å². The van der Waals surface area contributed by atoms with E-state index >= 15 is 0 Å².